The second-order valence-electron chi connectivity index (χ2n) is 4.13. The minimum Gasteiger partial charge on any atom is -0.454 e. The summed E-state index contributed by atoms with van der Waals surface area (Å²) >= 11 is 3.61. The highest BCUT2D eigenvalue weighted by atomic mass is 79.9. The van der Waals surface area contributed by atoms with Gasteiger partial charge in [0, 0.05) is 0 Å². The highest BCUT2D eigenvalue weighted by molar-refractivity contribution is 9.10. The summed E-state index contributed by atoms with van der Waals surface area (Å²) < 4.78 is 11.8. The number of benzene rings is 1. The molecule has 1 unspecified atom stereocenters. The number of fused-ring (bicyclic) bond motifs is 1. The molecule has 0 bridgehead atoms. The van der Waals surface area contributed by atoms with Crippen molar-refractivity contribution in [2.75, 3.05) is 13.3 Å². The average Bonchev–Trinajstić information content (AvgIpc) is 2.66. The van der Waals surface area contributed by atoms with Crippen LogP contribution in [0.5, 0.6) is 11.5 Å². The highest BCUT2D eigenvalue weighted by Crippen LogP contribution is 2.45. The van der Waals surface area contributed by atoms with Crippen LogP contribution in [-0.2, 0) is 0 Å². The first kappa shape index (κ1) is 11.7. The van der Waals surface area contributed by atoms with E-state index in [0.717, 1.165) is 22.4 Å². The summed E-state index contributed by atoms with van der Waals surface area (Å²) in [5.41, 5.74) is 8.10. The smallest absolute Gasteiger partial charge is 0.231 e. The Morgan fingerprint density at radius 2 is 2.25 bits per heavy atom. The van der Waals surface area contributed by atoms with Crippen LogP contribution in [0, 0.1) is 6.92 Å². The summed E-state index contributed by atoms with van der Waals surface area (Å²) in [7, 11) is 0. The number of aryl methyl sites for hydroxylation is 1. The van der Waals surface area contributed by atoms with Gasteiger partial charge in [-0.2, -0.15) is 0 Å². The first-order valence-electron chi connectivity index (χ1n) is 5.43. The predicted molar refractivity (Wildman–Crippen MR) is 67.1 cm³/mol. The molecule has 0 aromatic heterocycles. The third kappa shape index (κ3) is 1.92. The molecule has 2 rings (SSSR count). The molecule has 0 spiro atoms. The summed E-state index contributed by atoms with van der Waals surface area (Å²) in [6.45, 7) is 5.28. The van der Waals surface area contributed by atoms with Gasteiger partial charge in [0.15, 0.2) is 11.5 Å². The molecule has 1 aromatic carbocycles. The van der Waals surface area contributed by atoms with Crippen LogP contribution in [0.25, 0.3) is 0 Å². The van der Waals surface area contributed by atoms with E-state index in [9.17, 15) is 0 Å². The van der Waals surface area contributed by atoms with Crippen molar-refractivity contribution in [3.63, 3.8) is 0 Å². The Labute approximate surface area is 104 Å². The Bertz CT molecular complexity index is 406. The molecule has 4 heteroatoms. The molecular formula is C12H16BrNO2. The fraction of sp³-hybridized carbons (Fsp3) is 0.500. The van der Waals surface area contributed by atoms with Gasteiger partial charge in [0.05, 0.1) is 4.47 Å². The van der Waals surface area contributed by atoms with Crippen molar-refractivity contribution in [3.8, 4) is 11.5 Å². The van der Waals surface area contributed by atoms with E-state index in [0.29, 0.717) is 19.3 Å². The molecule has 0 amide bonds. The Hall–Kier alpha value is -0.740. The van der Waals surface area contributed by atoms with Gasteiger partial charge in [-0.15, -0.1) is 0 Å². The quantitative estimate of drug-likeness (QED) is 0.929. The van der Waals surface area contributed by atoms with Gasteiger partial charge in [0.1, 0.15) is 0 Å². The summed E-state index contributed by atoms with van der Waals surface area (Å²) in [6.07, 6.45) is 0.971. The molecule has 0 saturated carbocycles. The van der Waals surface area contributed by atoms with Gasteiger partial charge in [-0.1, -0.05) is 6.92 Å². The maximum absolute atomic E-state index is 5.61. The van der Waals surface area contributed by atoms with Crippen molar-refractivity contribution in [3.05, 3.63) is 21.7 Å². The van der Waals surface area contributed by atoms with E-state index >= 15 is 0 Å². The molecule has 88 valence electrons. The fourth-order valence-electron chi connectivity index (χ4n) is 2.14. The molecule has 0 radical (unpaired) electrons. The molecule has 1 heterocycles. The van der Waals surface area contributed by atoms with Crippen molar-refractivity contribution in [1.29, 1.82) is 0 Å². The van der Waals surface area contributed by atoms with Crippen LogP contribution in [0.15, 0.2) is 10.5 Å². The van der Waals surface area contributed by atoms with Crippen LogP contribution in [0.3, 0.4) is 0 Å². The lowest BCUT2D eigenvalue weighted by atomic mass is 9.93. The molecule has 16 heavy (non-hydrogen) atoms. The summed E-state index contributed by atoms with van der Waals surface area (Å²) in [4.78, 5) is 0. The SMILES string of the molecule is Cc1cc2c(c(Br)c1C(C)CCN)OCO2. The van der Waals surface area contributed by atoms with Crippen LogP contribution in [-0.4, -0.2) is 13.3 Å². The van der Waals surface area contributed by atoms with Crippen LogP contribution in [0.1, 0.15) is 30.4 Å². The molecule has 0 aliphatic carbocycles. The molecule has 1 aromatic rings. The molecule has 1 aliphatic heterocycles. The minimum absolute atomic E-state index is 0.308. The molecule has 2 N–H and O–H groups in total. The molecule has 3 nitrogen and oxygen atoms in total. The summed E-state index contributed by atoms with van der Waals surface area (Å²) in [6, 6.07) is 2.04. The van der Waals surface area contributed by atoms with E-state index < -0.39 is 0 Å². The maximum Gasteiger partial charge on any atom is 0.231 e. The van der Waals surface area contributed by atoms with Gasteiger partial charge in [0.25, 0.3) is 0 Å². The molecule has 1 aliphatic rings. The van der Waals surface area contributed by atoms with Crippen molar-refractivity contribution in [1.82, 2.24) is 0 Å². The number of ether oxygens (including phenoxy) is 2. The normalized spacial score (nSPS) is 15.2. The third-order valence-corrected chi connectivity index (χ3v) is 3.73. The number of rotatable bonds is 3. The van der Waals surface area contributed by atoms with E-state index in [-0.39, 0.29) is 0 Å². The first-order chi connectivity index (χ1) is 7.65. The maximum atomic E-state index is 5.61. The van der Waals surface area contributed by atoms with Crippen molar-refractivity contribution in [2.45, 2.75) is 26.2 Å². The summed E-state index contributed by atoms with van der Waals surface area (Å²) in [5.74, 6) is 2.08. The lowest BCUT2D eigenvalue weighted by Gasteiger charge is -2.17. The second-order valence-corrected chi connectivity index (χ2v) is 4.93. The lowest BCUT2D eigenvalue weighted by Crippen LogP contribution is -2.06. The Morgan fingerprint density at radius 3 is 2.94 bits per heavy atom. The van der Waals surface area contributed by atoms with E-state index in [1.165, 1.54) is 11.1 Å². The number of nitrogens with two attached hydrogens (primary N) is 1. The molecular weight excluding hydrogens is 270 g/mol. The Balaban J connectivity index is 2.45. The van der Waals surface area contributed by atoms with Gasteiger partial charge in [-0.25, -0.2) is 0 Å². The van der Waals surface area contributed by atoms with E-state index in [1.54, 1.807) is 0 Å². The third-order valence-electron chi connectivity index (χ3n) is 2.94. The minimum atomic E-state index is 0.308. The van der Waals surface area contributed by atoms with Crippen molar-refractivity contribution in [2.24, 2.45) is 5.73 Å². The van der Waals surface area contributed by atoms with Gasteiger partial charge in [-0.05, 0) is 58.9 Å². The van der Waals surface area contributed by atoms with Crippen LogP contribution in [0.4, 0.5) is 0 Å². The molecule has 1 atom stereocenters. The monoisotopic (exact) mass is 285 g/mol. The second kappa shape index (κ2) is 4.63. The predicted octanol–water partition coefficient (Wildman–Crippen LogP) is 2.94. The largest absolute Gasteiger partial charge is 0.454 e. The van der Waals surface area contributed by atoms with Gasteiger partial charge >= 0.3 is 0 Å². The van der Waals surface area contributed by atoms with E-state index in [1.807, 2.05) is 6.07 Å². The zero-order chi connectivity index (χ0) is 11.7. The van der Waals surface area contributed by atoms with Crippen molar-refractivity contribution < 1.29 is 9.47 Å². The molecule has 0 saturated heterocycles. The van der Waals surface area contributed by atoms with Crippen LogP contribution < -0.4 is 15.2 Å². The fourth-order valence-corrected chi connectivity index (χ4v) is 3.15. The number of hydrogen-bond donors (Lipinski definition) is 1. The first-order valence-corrected chi connectivity index (χ1v) is 6.23. The van der Waals surface area contributed by atoms with E-state index in [4.69, 9.17) is 15.2 Å². The summed E-state index contributed by atoms with van der Waals surface area (Å²) in [5, 5.41) is 0. The Morgan fingerprint density at radius 1 is 1.50 bits per heavy atom. The van der Waals surface area contributed by atoms with Crippen molar-refractivity contribution >= 4 is 15.9 Å². The number of hydrogen-bond acceptors (Lipinski definition) is 3. The van der Waals surface area contributed by atoms with Gasteiger partial charge in [-0.3, -0.25) is 0 Å². The zero-order valence-electron chi connectivity index (χ0n) is 9.55. The van der Waals surface area contributed by atoms with Crippen LogP contribution >= 0.6 is 15.9 Å². The van der Waals surface area contributed by atoms with Gasteiger partial charge < -0.3 is 15.2 Å². The standard InChI is InChI=1S/C12H16BrNO2/c1-7(3-4-14)10-8(2)5-9-12(11(10)13)16-6-15-9/h5,7H,3-4,6,14H2,1-2H3. The zero-order valence-corrected chi connectivity index (χ0v) is 11.1. The molecule has 0 fully saturated rings. The number of halogens is 1. The van der Waals surface area contributed by atoms with Crippen LogP contribution in [0.2, 0.25) is 0 Å². The Kier molecular flexibility index (Phi) is 3.40. The highest BCUT2D eigenvalue weighted by Gasteiger charge is 2.23. The lowest BCUT2D eigenvalue weighted by molar-refractivity contribution is 0.173. The van der Waals surface area contributed by atoms with Gasteiger partial charge in [0.2, 0.25) is 6.79 Å². The topological polar surface area (TPSA) is 44.5 Å². The van der Waals surface area contributed by atoms with E-state index in [2.05, 4.69) is 29.8 Å². The average molecular weight is 286 g/mol.